The molecule has 0 saturated heterocycles. The van der Waals surface area contributed by atoms with Gasteiger partial charge in [-0.15, -0.1) is 0 Å². The number of imidazole rings is 1. The van der Waals surface area contributed by atoms with E-state index in [2.05, 4.69) is 59.0 Å². The highest BCUT2D eigenvalue weighted by molar-refractivity contribution is 5.76. The van der Waals surface area contributed by atoms with Gasteiger partial charge in [-0.3, -0.25) is 4.79 Å². The number of nitrogens with one attached hydrogen (secondary N) is 1. The van der Waals surface area contributed by atoms with Gasteiger partial charge in [-0.1, -0.05) is 50.2 Å². The van der Waals surface area contributed by atoms with Gasteiger partial charge < -0.3 is 9.88 Å². The molecule has 0 spiro atoms. The second kappa shape index (κ2) is 7.51. The van der Waals surface area contributed by atoms with Crippen molar-refractivity contribution in [3.05, 3.63) is 65.5 Å². The molecule has 0 fully saturated rings. The molecule has 0 bridgehead atoms. The first kappa shape index (κ1) is 17.2. The fourth-order valence-corrected chi connectivity index (χ4v) is 3.01. The Kier molecular flexibility index (Phi) is 5.17. The molecule has 25 heavy (non-hydrogen) atoms. The molecule has 4 nitrogen and oxygen atoms in total. The highest BCUT2D eigenvalue weighted by atomic mass is 16.1. The number of hydrogen-bond acceptors (Lipinski definition) is 2. The normalized spacial score (nSPS) is 12.3. The topological polar surface area (TPSA) is 46.9 Å². The van der Waals surface area contributed by atoms with Gasteiger partial charge in [-0.05, 0) is 35.6 Å². The standard InChI is InChI=1S/C21H25N3O/c1-4-15(2)18-11-9-17(10-12-18)14-24-20-8-6-5-7-19(20)23-21(24)13-22-16(3)25/h5-12,15H,4,13-14H2,1-3H3,(H,22,25). The van der Waals surface area contributed by atoms with Crippen LogP contribution in [-0.4, -0.2) is 15.5 Å². The summed E-state index contributed by atoms with van der Waals surface area (Å²) in [6.45, 7) is 7.18. The van der Waals surface area contributed by atoms with E-state index in [1.165, 1.54) is 18.1 Å². The molecule has 0 radical (unpaired) electrons. The van der Waals surface area contributed by atoms with Crippen LogP contribution in [0.1, 0.15) is 50.1 Å². The lowest BCUT2D eigenvalue weighted by Gasteiger charge is -2.12. The minimum absolute atomic E-state index is 0.0449. The highest BCUT2D eigenvalue weighted by Gasteiger charge is 2.11. The van der Waals surface area contributed by atoms with Crippen molar-refractivity contribution >= 4 is 16.9 Å². The Labute approximate surface area is 148 Å². The van der Waals surface area contributed by atoms with E-state index in [0.29, 0.717) is 12.5 Å². The van der Waals surface area contributed by atoms with Crippen LogP contribution in [0.25, 0.3) is 11.0 Å². The van der Waals surface area contributed by atoms with Gasteiger partial charge in [0, 0.05) is 13.5 Å². The SMILES string of the molecule is CCC(C)c1ccc(Cn2c(CNC(C)=O)nc3ccccc32)cc1. The van der Waals surface area contributed by atoms with E-state index in [-0.39, 0.29) is 5.91 Å². The highest BCUT2D eigenvalue weighted by Crippen LogP contribution is 2.21. The number of fused-ring (bicyclic) bond motifs is 1. The van der Waals surface area contributed by atoms with Crippen molar-refractivity contribution in [1.82, 2.24) is 14.9 Å². The van der Waals surface area contributed by atoms with Crippen molar-refractivity contribution in [2.75, 3.05) is 0 Å². The summed E-state index contributed by atoms with van der Waals surface area (Å²) in [5, 5.41) is 2.86. The molecule has 0 aliphatic heterocycles. The zero-order chi connectivity index (χ0) is 17.8. The van der Waals surface area contributed by atoms with E-state index < -0.39 is 0 Å². The van der Waals surface area contributed by atoms with Gasteiger partial charge >= 0.3 is 0 Å². The third kappa shape index (κ3) is 3.90. The Morgan fingerprint density at radius 1 is 1.16 bits per heavy atom. The molecule has 4 heteroatoms. The molecule has 1 atom stereocenters. The number of rotatable bonds is 6. The summed E-state index contributed by atoms with van der Waals surface area (Å²) in [7, 11) is 0. The Balaban J connectivity index is 1.91. The predicted molar refractivity (Wildman–Crippen MR) is 102 cm³/mol. The number of carbonyl (C=O) groups is 1. The van der Waals surface area contributed by atoms with Crippen molar-refractivity contribution in [3.8, 4) is 0 Å². The predicted octanol–water partition coefficient (Wildman–Crippen LogP) is 4.23. The van der Waals surface area contributed by atoms with Crippen LogP contribution >= 0.6 is 0 Å². The quantitative estimate of drug-likeness (QED) is 0.732. The number of carbonyl (C=O) groups excluding carboxylic acids is 1. The Hall–Kier alpha value is -2.62. The maximum absolute atomic E-state index is 11.3. The van der Waals surface area contributed by atoms with Crippen LogP contribution in [0.4, 0.5) is 0 Å². The van der Waals surface area contributed by atoms with Crippen LogP contribution in [0, 0.1) is 0 Å². The lowest BCUT2D eigenvalue weighted by molar-refractivity contribution is -0.119. The molecule has 1 aromatic heterocycles. The average molecular weight is 335 g/mol. The maximum atomic E-state index is 11.3. The number of amides is 1. The molecule has 1 heterocycles. The number of para-hydroxylation sites is 2. The lowest BCUT2D eigenvalue weighted by Crippen LogP contribution is -2.21. The fraction of sp³-hybridized carbons (Fsp3) is 0.333. The van der Waals surface area contributed by atoms with Crippen LogP contribution in [0.2, 0.25) is 0 Å². The second-order valence-corrected chi connectivity index (χ2v) is 6.56. The molecule has 2 aromatic carbocycles. The summed E-state index contributed by atoms with van der Waals surface area (Å²) in [5.74, 6) is 1.41. The smallest absolute Gasteiger partial charge is 0.217 e. The summed E-state index contributed by atoms with van der Waals surface area (Å²) in [6, 6.07) is 16.9. The molecule has 1 unspecified atom stereocenters. The van der Waals surface area contributed by atoms with E-state index in [1.54, 1.807) is 0 Å². The van der Waals surface area contributed by atoms with Crippen molar-refractivity contribution < 1.29 is 4.79 Å². The summed E-state index contributed by atoms with van der Waals surface area (Å²) in [6.07, 6.45) is 1.15. The first-order chi connectivity index (χ1) is 12.1. The minimum atomic E-state index is -0.0449. The number of aromatic nitrogens is 2. The number of nitrogens with zero attached hydrogens (tertiary/aromatic N) is 2. The first-order valence-electron chi connectivity index (χ1n) is 8.86. The van der Waals surface area contributed by atoms with Gasteiger partial charge in [-0.2, -0.15) is 0 Å². The zero-order valence-corrected chi connectivity index (χ0v) is 15.1. The summed E-state index contributed by atoms with van der Waals surface area (Å²) in [5.41, 5.74) is 4.66. The molecule has 1 amide bonds. The third-order valence-electron chi connectivity index (χ3n) is 4.73. The van der Waals surface area contributed by atoms with Crippen LogP contribution in [0.5, 0.6) is 0 Å². The van der Waals surface area contributed by atoms with Crippen LogP contribution in [-0.2, 0) is 17.9 Å². The van der Waals surface area contributed by atoms with E-state index in [9.17, 15) is 4.79 Å². The average Bonchev–Trinajstić information content (AvgIpc) is 2.97. The number of hydrogen-bond donors (Lipinski definition) is 1. The van der Waals surface area contributed by atoms with Gasteiger partial charge in [0.1, 0.15) is 5.82 Å². The van der Waals surface area contributed by atoms with Gasteiger partial charge in [0.25, 0.3) is 0 Å². The van der Waals surface area contributed by atoms with E-state index >= 15 is 0 Å². The van der Waals surface area contributed by atoms with Gasteiger partial charge in [0.2, 0.25) is 5.91 Å². The van der Waals surface area contributed by atoms with Crippen LogP contribution in [0.15, 0.2) is 48.5 Å². The zero-order valence-electron chi connectivity index (χ0n) is 15.1. The Morgan fingerprint density at radius 2 is 1.88 bits per heavy atom. The molecule has 1 N–H and O–H groups in total. The van der Waals surface area contributed by atoms with E-state index in [1.807, 2.05) is 18.2 Å². The fourth-order valence-electron chi connectivity index (χ4n) is 3.01. The Bertz CT molecular complexity index is 864. The molecule has 0 aliphatic carbocycles. The summed E-state index contributed by atoms with van der Waals surface area (Å²) in [4.78, 5) is 16.0. The molecular weight excluding hydrogens is 310 g/mol. The lowest BCUT2D eigenvalue weighted by atomic mass is 9.98. The molecular formula is C21H25N3O. The molecule has 0 aliphatic rings. The summed E-state index contributed by atoms with van der Waals surface area (Å²) >= 11 is 0. The van der Waals surface area contributed by atoms with E-state index in [4.69, 9.17) is 0 Å². The molecule has 130 valence electrons. The van der Waals surface area contributed by atoms with Gasteiger partial charge in [0.15, 0.2) is 0 Å². The molecule has 0 saturated carbocycles. The van der Waals surface area contributed by atoms with E-state index in [0.717, 1.165) is 29.8 Å². The van der Waals surface area contributed by atoms with Gasteiger partial charge in [0.05, 0.1) is 17.6 Å². The van der Waals surface area contributed by atoms with Crippen molar-refractivity contribution in [2.45, 2.75) is 46.2 Å². The maximum Gasteiger partial charge on any atom is 0.217 e. The van der Waals surface area contributed by atoms with Crippen molar-refractivity contribution in [2.24, 2.45) is 0 Å². The van der Waals surface area contributed by atoms with Gasteiger partial charge in [-0.25, -0.2) is 4.98 Å². The van der Waals surface area contributed by atoms with Crippen molar-refractivity contribution in [1.29, 1.82) is 0 Å². The van der Waals surface area contributed by atoms with Crippen LogP contribution < -0.4 is 5.32 Å². The third-order valence-corrected chi connectivity index (χ3v) is 4.73. The van der Waals surface area contributed by atoms with Crippen LogP contribution in [0.3, 0.4) is 0 Å². The minimum Gasteiger partial charge on any atom is -0.349 e. The monoisotopic (exact) mass is 335 g/mol. The Morgan fingerprint density at radius 3 is 2.56 bits per heavy atom. The molecule has 3 aromatic rings. The first-order valence-corrected chi connectivity index (χ1v) is 8.86. The summed E-state index contributed by atoms with van der Waals surface area (Å²) < 4.78 is 2.18. The second-order valence-electron chi connectivity index (χ2n) is 6.56. The largest absolute Gasteiger partial charge is 0.349 e. The van der Waals surface area contributed by atoms with Crippen molar-refractivity contribution in [3.63, 3.8) is 0 Å². The number of benzene rings is 2. The molecule has 3 rings (SSSR count).